The van der Waals surface area contributed by atoms with Gasteiger partial charge in [0.05, 0.1) is 12.7 Å². The van der Waals surface area contributed by atoms with Crippen LogP contribution in [0.15, 0.2) is 40.6 Å². The lowest BCUT2D eigenvalue weighted by molar-refractivity contribution is -0.121. The molecular weight excluding hydrogens is 595 g/mol. The molecule has 1 N–H and O–H groups in total. The quantitative estimate of drug-likeness (QED) is 0.0756. The van der Waals surface area contributed by atoms with Gasteiger partial charge in [-0.25, -0.2) is 4.39 Å². The normalized spacial score (nSPS) is 13.1. The first-order chi connectivity index (χ1) is 22.8. The SMILES string of the molecule is CCC(C)=C(C(C)=O)/C(CC)=C(/CCC(C)F)NCC(=O)C(C)CC.CCCCCCCC.CCCN(CCC)c1cccc(C)c1C. The minimum atomic E-state index is -0.919. The van der Waals surface area contributed by atoms with Crippen LogP contribution in [-0.2, 0) is 9.59 Å². The zero-order chi connectivity index (χ0) is 37.1. The average Bonchev–Trinajstić information content (AvgIpc) is 3.06. The first-order valence-electron chi connectivity index (χ1n) is 19.5. The van der Waals surface area contributed by atoms with Gasteiger partial charge in [0.2, 0.25) is 0 Å². The Morgan fingerprint density at radius 1 is 0.812 bits per heavy atom. The van der Waals surface area contributed by atoms with Crippen molar-refractivity contribution >= 4 is 17.3 Å². The first kappa shape index (κ1) is 47.7. The Morgan fingerprint density at radius 2 is 1.38 bits per heavy atom. The lowest BCUT2D eigenvalue weighted by Gasteiger charge is -2.26. The standard InChI is InChI=1S/C21H36FNO2.C14H23N.C8H18/c1-8-14(4)20(25)13-23-19(12-11-16(6)22)18(10-3)21(17(7)24)15(5)9-2;1-5-10-15(11-6-2)14-9-7-8-12(3)13(14)4;1-3-5-7-8-6-4-2/h14,16,23H,8-13H2,1-7H3;7-9H,5-6,10-11H2,1-4H3;3-8H2,1-2H3/b19-18-,21-15?;;. The summed E-state index contributed by atoms with van der Waals surface area (Å²) in [7, 11) is 0. The predicted octanol–water partition coefficient (Wildman–Crippen LogP) is 12.6. The number of benzene rings is 1. The van der Waals surface area contributed by atoms with Crippen LogP contribution in [0.1, 0.15) is 171 Å². The van der Waals surface area contributed by atoms with Gasteiger partial charge < -0.3 is 10.2 Å². The van der Waals surface area contributed by atoms with E-state index in [1.165, 1.54) is 75.1 Å². The van der Waals surface area contributed by atoms with Crippen molar-refractivity contribution in [2.24, 2.45) is 5.92 Å². The molecule has 0 aliphatic carbocycles. The minimum Gasteiger partial charge on any atom is -0.381 e. The summed E-state index contributed by atoms with van der Waals surface area (Å²) in [6, 6.07) is 6.60. The fourth-order valence-corrected chi connectivity index (χ4v) is 5.60. The summed E-state index contributed by atoms with van der Waals surface area (Å²) in [6.45, 7) is 29.0. The van der Waals surface area contributed by atoms with Gasteiger partial charge in [0.15, 0.2) is 11.6 Å². The van der Waals surface area contributed by atoms with Crippen molar-refractivity contribution < 1.29 is 14.0 Å². The van der Waals surface area contributed by atoms with Crippen molar-refractivity contribution in [1.29, 1.82) is 0 Å². The van der Waals surface area contributed by atoms with Gasteiger partial charge in [0.25, 0.3) is 0 Å². The molecule has 2 atom stereocenters. The van der Waals surface area contributed by atoms with E-state index in [0.29, 0.717) is 19.3 Å². The molecule has 0 radical (unpaired) electrons. The second-order valence-electron chi connectivity index (χ2n) is 13.4. The Hall–Kier alpha value is -2.43. The Bertz CT molecular complexity index is 1060. The Balaban J connectivity index is 0. The van der Waals surface area contributed by atoms with Gasteiger partial charge in [0, 0.05) is 36.0 Å². The maximum Gasteiger partial charge on any atom is 0.160 e. The molecular formula is C43H77FN2O2. The predicted molar refractivity (Wildman–Crippen MR) is 211 cm³/mol. The maximum atomic E-state index is 13.4. The number of allylic oxidation sites excluding steroid dienone is 4. The summed E-state index contributed by atoms with van der Waals surface area (Å²) in [4.78, 5) is 26.9. The number of Topliss-reactive ketones (excluding diaryl/α,β-unsaturated/α-hetero) is 2. The number of nitrogens with zero attached hydrogens (tertiary/aromatic N) is 1. The molecule has 0 saturated heterocycles. The molecule has 0 bridgehead atoms. The van der Waals surface area contributed by atoms with Crippen LogP contribution in [-0.4, -0.2) is 37.4 Å². The highest BCUT2D eigenvalue weighted by molar-refractivity contribution is 5.98. The fourth-order valence-electron chi connectivity index (χ4n) is 5.60. The second kappa shape index (κ2) is 29.5. The molecule has 1 aromatic rings. The number of carbonyl (C=O) groups is 2. The molecule has 0 heterocycles. The maximum absolute atomic E-state index is 13.4. The van der Waals surface area contributed by atoms with Crippen molar-refractivity contribution in [3.05, 3.63) is 51.7 Å². The lowest BCUT2D eigenvalue weighted by atomic mass is 9.91. The molecule has 0 aliphatic heterocycles. The second-order valence-corrected chi connectivity index (χ2v) is 13.4. The number of aryl methyl sites for hydroxylation is 1. The molecule has 0 aromatic heterocycles. The summed E-state index contributed by atoms with van der Waals surface area (Å²) < 4.78 is 13.4. The third-order valence-electron chi connectivity index (χ3n) is 9.12. The zero-order valence-corrected chi connectivity index (χ0v) is 33.8. The summed E-state index contributed by atoms with van der Waals surface area (Å²) in [5.41, 5.74) is 7.76. The number of hydrogen-bond acceptors (Lipinski definition) is 4. The van der Waals surface area contributed by atoms with Crippen molar-refractivity contribution in [3.8, 4) is 0 Å². The van der Waals surface area contributed by atoms with Crippen LogP contribution in [0.25, 0.3) is 0 Å². The molecule has 4 nitrogen and oxygen atoms in total. The largest absolute Gasteiger partial charge is 0.381 e. The monoisotopic (exact) mass is 673 g/mol. The van der Waals surface area contributed by atoms with Crippen LogP contribution < -0.4 is 10.2 Å². The number of nitrogens with one attached hydrogen (secondary N) is 1. The molecule has 278 valence electrons. The van der Waals surface area contributed by atoms with Gasteiger partial charge in [-0.05, 0) is 102 Å². The molecule has 0 aliphatic rings. The minimum absolute atomic E-state index is 0.000812. The van der Waals surface area contributed by atoms with Gasteiger partial charge >= 0.3 is 0 Å². The van der Waals surface area contributed by atoms with Gasteiger partial charge in [-0.2, -0.15) is 0 Å². The van der Waals surface area contributed by atoms with Crippen LogP contribution in [0, 0.1) is 19.8 Å². The molecule has 0 amide bonds. The van der Waals surface area contributed by atoms with E-state index in [1.807, 2.05) is 34.6 Å². The molecule has 48 heavy (non-hydrogen) atoms. The highest BCUT2D eigenvalue weighted by Crippen LogP contribution is 2.26. The van der Waals surface area contributed by atoms with E-state index in [-0.39, 0.29) is 24.0 Å². The van der Waals surface area contributed by atoms with Gasteiger partial charge in [-0.15, -0.1) is 0 Å². The Labute approximate surface area is 297 Å². The van der Waals surface area contributed by atoms with Gasteiger partial charge in [0.1, 0.15) is 0 Å². The number of carbonyl (C=O) groups excluding carboxylic acids is 2. The van der Waals surface area contributed by atoms with E-state index in [9.17, 15) is 14.0 Å². The average molecular weight is 673 g/mol. The molecule has 1 rings (SSSR count). The summed E-state index contributed by atoms with van der Waals surface area (Å²) in [6.07, 6.45) is 13.1. The zero-order valence-electron chi connectivity index (χ0n) is 33.8. The van der Waals surface area contributed by atoms with Crippen molar-refractivity contribution in [2.75, 3.05) is 24.5 Å². The smallest absolute Gasteiger partial charge is 0.160 e. The third-order valence-corrected chi connectivity index (χ3v) is 9.12. The fraction of sp³-hybridized carbons (Fsp3) is 0.721. The van der Waals surface area contributed by atoms with E-state index >= 15 is 0 Å². The van der Waals surface area contributed by atoms with E-state index in [0.717, 1.165) is 48.3 Å². The van der Waals surface area contributed by atoms with E-state index in [2.05, 4.69) is 70.0 Å². The molecule has 0 spiro atoms. The van der Waals surface area contributed by atoms with Crippen LogP contribution in [0.5, 0.6) is 0 Å². The number of unbranched alkanes of at least 4 members (excludes halogenated alkanes) is 5. The Kier molecular flexibility index (Phi) is 29.3. The molecule has 0 fully saturated rings. The number of ketones is 2. The van der Waals surface area contributed by atoms with Crippen molar-refractivity contribution in [1.82, 2.24) is 5.32 Å². The van der Waals surface area contributed by atoms with Gasteiger partial charge in [-0.3, -0.25) is 9.59 Å². The number of halogens is 1. The van der Waals surface area contributed by atoms with E-state index in [1.54, 1.807) is 6.92 Å². The molecule has 2 unspecified atom stereocenters. The highest BCUT2D eigenvalue weighted by Gasteiger charge is 2.19. The number of rotatable bonds is 22. The van der Waals surface area contributed by atoms with Crippen molar-refractivity contribution in [2.45, 2.75) is 180 Å². The number of anilines is 1. The third kappa shape index (κ3) is 20.2. The summed E-state index contributed by atoms with van der Waals surface area (Å²) >= 11 is 0. The first-order valence-corrected chi connectivity index (χ1v) is 19.5. The highest BCUT2D eigenvalue weighted by atomic mass is 19.1. The lowest BCUT2D eigenvalue weighted by Crippen LogP contribution is -2.28. The van der Waals surface area contributed by atoms with Crippen LogP contribution in [0.4, 0.5) is 10.1 Å². The number of hydrogen-bond donors (Lipinski definition) is 1. The van der Waals surface area contributed by atoms with Crippen LogP contribution in [0.3, 0.4) is 0 Å². The van der Waals surface area contributed by atoms with Gasteiger partial charge in [-0.1, -0.05) is 112 Å². The number of alkyl halides is 1. The Morgan fingerprint density at radius 3 is 1.79 bits per heavy atom. The van der Waals surface area contributed by atoms with E-state index in [4.69, 9.17) is 0 Å². The molecule has 0 saturated carbocycles. The topological polar surface area (TPSA) is 49.4 Å². The van der Waals surface area contributed by atoms with E-state index < -0.39 is 6.17 Å². The van der Waals surface area contributed by atoms with Crippen LogP contribution in [0.2, 0.25) is 0 Å². The van der Waals surface area contributed by atoms with Crippen molar-refractivity contribution in [3.63, 3.8) is 0 Å². The summed E-state index contributed by atoms with van der Waals surface area (Å²) in [5.74, 6) is 0.167. The molecule has 5 heteroatoms. The van der Waals surface area contributed by atoms with Crippen LogP contribution >= 0.6 is 0 Å². The summed E-state index contributed by atoms with van der Waals surface area (Å²) in [5, 5.41) is 3.23. The molecule has 1 aromatic carbocycles.